The van der Waals surface area contributed by atoms with Gasteiger partial charge in [-0.25, -0.2) is 4.98 Å². The Hall–Kier alpha value is -4.47. The van der Waals surface area contributed by atoms with Crippen LogP contribution in [0.3, 0.4) is 0 Å². The third-order valence-electron chi connectivity index (χ3n) is 8.74. The second-order valence-electron chi connectivity index (χ2n) is 13.8. The van der Waals surface area contributed by atoms with Crippen molar-refractivity contribution < 1.29 is 25.8 Å². The van der Waals surface area contributed by atoms with Crippen LogP contribution in [0.1, 0.15) is 52.7 Å². The van der Waals surface area contributed by atoms with Crippen LogP contribution in [0.5, 0.6) is 11.5 Å². The van der Waals surface area contributed by atoms with Gasteiger partial charge in [0.1, 0.15) is 5.82 Å². The Labute approximate surface area is 283 Å². The summed E-state index contributed by atoms with van der Waals surface area (Å²) in [6.45, 7) is 13.7. The van der Waals surface area contributed by atoms with E-state index in [-0.39, 0.29) is 31.9 Å². The second kappa shape index (κ2) is 10.8. The molecular weight excluding hydrogens is 748 g/mol. The number of imidazole rings is 1. The van der Waals surface area contributed by atoms with Crippen LogP contribution < -0.4 is 4.74 Å². The minimum Gasteiger partial charge on any atom is -0.503 e. The first-order chi connectivity index (χ1) is 21.6. The summed E-state index contributed by atoms with van der Waals surface area (Å²) in [7, 11) is 0. The van der Waals surface area contributed by atoms with Crippen LogP contribution in [0.2, 0.25) is 0 Å². The molecule has 0 aliphatic carbocycles. The van der Waals surface area contributed by atoms with E-state index in [0.717, 1.165) is 44.0 Å². The zero-order chi connectivity index (χ0) is 31.1. The van der Waals surface area contributed by atoms with Crippen molar-refractivity contribution in [3.05, 3.63) is 121 Å². The second-order valence-corrected chi connectivity index (χ2v) is 13.8. The van der Waals surface area contributed by atoms with Gasteiger partial charge in [0, 0.05) is 41.1 Å². The van der Waals surface area contributed by atoms with Gasteiger partial charge < -0.3 is 13.7 Å². The molecule has 0 amide bonds. The maximum atomic E-state index is 6.51. The number of para-hydroxylation sites is 1. The van der Waals surface area contributed by atoms with Gasteiger partial charge in [0.25, 0.3) is 0 Å². The molecule has 230 valence electrons. The molecular formula is C40H34N4OPt. The number of pyridine rings is 2. The zero-order valence-electron chi connectivity index (χ0n) is 26.8. The summed E-state index contributed by atoms with van der Waals surface area (Å²) in [5.41, 5.74) is 6.57. The molecule has 0 N–H and O–H groups in total. The summed E-state index contributed by atoms with van der Waals surface area (Å²) >= 11 is 0. The molecule has 4 aromatic carbocycles. The van der Waals surface area contributed by atoms with E-state index in [2.05, 4.69) is 122 Å². The Kier molecular flexibility index (Phi) is 7.10. The van der Waals surface area contributed by atoms with Crippen molar-refractivity contribution in [2.24, 2.45) is 0 Å². The number of rotatable bonds is 3. The van der Waals surface area contributed by atoms with Crippen LogP contribution in [0.25, 0.3) is 54.9 Å². The average Bonchev–Trinajstić information content (AvgIpc) is 3.63. The molecule has 0 spiro atoms. The Morgan fingerprint density at radius 3 is 2.09 bits per heavy atom. The number of fused-ring (bicyclic) bond motifs is 9. The van der Waals surface area contributed by atoms with E-state index in [1.807, 2.05) is 42.7 Å². The van der Waals surface area contributed by atoms with Crippen molar-refractivity contribution in [3.8, 4) is 17.3 Å². The van der Waals surface area contributed by atoms with Crippen molar-refractivity contribution in [1.29, 1.82) is 0 Å². The van der Waals surface area contributed by atoms with Crippen molar-refractivity contribution in [1.82, 2.24) is 18.9 Å². The predicted octanol–water partition coefficient (Wildman–Crippen LogP) is 10.1. The Morgan fingerprint density at radius 1 is 0.652 bits per heavy atom. The van der Waals surface area contributed by atoms with Crippen LogP contribution in [-0.4, -0.2) is 18.9 Å². The molecule has 4 aromatic heterocycles. The molecule has 6 heteroatoms. The Morgan fingerprint density at radius 2 is 1.35 bits per heavy atom. The first-order valence-corrected chi connectivity index (χ1v) is 15.4. The molecule has 4 heterocycles. The van der Waals surface area contributed by atoms with Gasteiger partial charge in [-0.05, 0) is 50.9 Å². The molecule has 0 saturated carbocycles. The SMILES string of the molecule is CC(C)(C)c1ccc(C(C)(C)C)c2c1c1ccc(Oc3[c-]c4c(cc3)c3ccccc3n4-c3ccccn3)[c-]c1c1nccn12.[Pt+2]. The van der Waals surface area contributed by atoms with Crippen LogP contribution in [0.15, 0.2) is 97.5 Å². The van der Waals surface area contributed by atoms with E-state index in [9.17, 15) is 0 Å². The van der Waals surface area contributed by atoms with Crippen molar-refractivity contribution >= 4 is 49.1 Å². The number of ether oxygens (including phenoxy) is 1. The minimum atomic E-state index is -0.0541. The van der Waals surface area contributed by atoms with Gasteiger partial charge in [0.05, 0.1) is 5.65 Å². The summed E-state index contributed by atoms with van der Waals surface area (Å²) < 4.78 is 10.9. The monoisotopic (exact) mass is 781 g/mol. The molecule has 46 heavy (non-hydrogen) atoms. The van der Waals surface area contributed by atoms with Crippen LogP contribution in [0.4, 0.5) is 0 Å². The van der Waals surface area contributed by atoms with Gasteiger partial charge in [-0.3, -0.25) is 4.98 Å². The fraction of sp³-hybridized carbons (Fsp3) is 0.200. The van der Waals surface area contributed by atoms with E-state index < -0.39 is 0 Å². The molecule has 5 nitrogen and oxygen atoms in total. The Balaban J connectivity index is 0.00000338. The third kappa shape index (κ3) is 4.72. The van der Waals surface area contributed by atoms with Gasteiger partial charge in [0.15, 0.2) is 0 Å². The predicted molar refractivity (Wildman–Crippen MR) is 184 cm³/mol. The Bertz CT molecular complexity index is 2430. The van der Waals surface area contributed by atoms with E-state index in [1.54, 1.807) is 0 Å². The van der Waals surface area contributed by atoms with Gasteiger partial charge in [-0.1, -0.05) is 100 Å². The molecule has 8 aromatic rings. The molecule has 0 radical (unpaired) electrons. The van der Waals surface area contributed by atoms with E-state index in [0.29, 0.717) is 11.5 Å². The van der Waals surface area contributed by atoms with E-state index in [1.165, 1.54) is 22.0 Å². The molecule has 8 rings (SSSR count). The number of hydrogen-bond donors (Lipinski definition) is 0. The van der Waals surface area contributed by atoms with Gasteiger partial charge in [-0.2, -0.15) is 6.07 Å². The minimum absolute atomic E-state index is 0. The summed E-state index contributed by atoms with van der Waals surface area (Å²) in [6.07, 6.45) is 5.76. The van der Waals surface area contributed by atoms with Gasteiger partial charge >= 0.3 is 21.1 Å². The fourth-order valence-corrected chi connectivity index (χ4v) is 6.71. The zero-order valence-corrected chi connectivity index (χ0v) is 29.0. The normalized spacial score (nSPS) is 12.4. The third-order valence-corrected chi connectivity index (χ3v) is 8.74. The maximum absolute atomic E-state index is 6.51. The maximum Gasteiger partial charge on any atom is 2.00 e. The average molecular weight is 782 g/mol. The van der Waals surface area contributed by atoms with Crippen molar-refractivity contribution in [2.45, 2.75) is 52.4 Å². The number of aromatic nitrogens is 4. The molecule has 0 aliphatic heterocycles. The number of benzene rings is 4. The molecule has 0 atom stereocenters. The molecule has 0 bridgehead atoms. The number of nitrogens with zero attached hydrogens (tertiary/aromatic N) is 4. The van der Waals surface area contributed by atoms with E-state index in [4.69, 9.17) is 9.72 Å². The molecule has 0 aliphatic rings. The van der Waals surface area contributed by atoms with Crippen molar-refractivity contribution in [2.75, 3.05) is 0 Å². The first kappa shape index (κ1) is 30.2. The standard InChI is InChI=1S/C40H34N4O.Pt/c1-39(2,3)31-18-19-32(40(4,5)6)37-36(31)29-17-15-25(23-30(29)38-42-21-22-43(37)38)45-26-14-16-28-27-11-7-8-12-33(27)44(34(28)24-26)35-13-9-10-20-41-35;/h7-22H,1-6H3;/q-2;+2. The van der Waals surface area contributed by atoms with Crippen LogP contribution in [-0.2, 0) is 31.9 Å². The van der Waals surface area contributed by atoms with Crippen LogP contribution >= 0.6 is 0 Å². The summed E-state index contributed by atoms with van der Waals surface area (Å²) in [4.78, 5) is 9.48. The van der Waals surface area contributed by atoms with Gasteiger partial charge in [0.2, 0.25) is 0 Å². The largest absolute Gasteiger partial charge is 2.00 e. The molecule has 0 unspecified atom stereocenters. The van der Waals surface area contributed by atoms with Crippen LogP contribution in [0, 0.1) is 12.1 Å². The quantitative estimate of drug-likeness (QED) is 0.133. The first-order valence-electron chi connectivity index (χ1n) is 15.4. The molecule has 0 fully saturated rings. The summed E-state index contributed by atoms with van der Waals surface area (Å²) in [6, 6.07) is 34.4. The van der Waals surface area contributed by atoms with Gasteiger partial charge in [-0.15, -0.1) is 29.7 Å². The number of hydrogen-bond acceptors (Lipinski definition) is 3. The van der Waals surface area contributed by atoms with Crippen molar-refractivity contribution in [3.63, 3.8) is 0 Å². The summed E-state index contributed by atoms with van der Waals surface area (Å²) in [5.74, 6) is 2.07. The summed E-state index contributed by atoms with van der Waals surface area (Å²) in [5, 5.41) is 5.55. The smallest absolute Gasteiger partial charge is 0.503 e. The fourth-order valence-electron chi connectivity index (χ4n) is 6.71. The van der Waals surface area contributed by atoms with E-state index >= 15 is 0 Å². The molecule has 0 saturated heterocycles. The topological polar surface area (TPSA) is 44.3 Å².